The molecule has 2 fully saturated rings. The van der Waals surface area contributed by atoms with Crippen molar-refractivity contribution in [2.24, 2.45) is 5.92 Å². The summed E-state index contributed by atoms with van der Waals surface area (Å²) in [6, 6.07) is 2.00. The highest BCUT2D eigenvalue weighted by atomic mass is 16.5. The first-order valence-electron chi connectivity index (χ1n) is 7.45. The van der Waals surface area contributed by atoms with E-state index in [0.29, 0.717) is 6.54 Å². The summed E-state index contributed by atoms with van der Waals surface area (Å²) in [4.78, 5) is 14.1. The van der Waals surface area contributed by atoms with Crippen LogP contribution in [0.5, 0.6) is 0 Å². The second-order valence-electron chi connectivity index (χ2n) is 5.72. The third-order valence-electron chi connectivity index (χ3n) is 4.01. The van der Waals surface area contributed by atoms with Crippen LogP contribution in [0.2, 0.25) is 0 Å². The van der Waals surface area contributed by atoms with Gasteiger partial charge in [0.15, 0.2) is 0 Å². The Labute approximate surface area is 120 Å². The normalized spacial score (nSPS) is 24.5. The van der Waals surface area contributed by atoms with E-state index in [9.17, 15) is 4.79 Å². The van der Waals surface area contributed by atoms with Crippen LogP contribution >= 0.6 is 0 Å². The van der Waals surface area contributed by atoms with Gasteiger partial charge >= 0.3 is 0 Å². The van der Waals surface area contributed by atoms with Crippen molar-refractivity contribution in [1.82, 2.24) is 10.2 Å². The molecule has 2 rings (SSSR count). The maximum Gasteiger partial charge on any atom is 0.263 e. The lowest BCUT2D eigenvalue weighted by Gasteiger charge is -2.29. The van der Waals surface area contributed by atoms with Crippen LogP contribution in [0.3, 0.4) is 0 Å². The zero-order valence-electron chi connectivity index (χ0n) is 12.1. The summed E-state index contributed by atoms with van der Waals surface area (Å²) in [5.41, 5.74) is 0.192. The molecule has 2 saturated heterocycles. The number of nitrogens with one attached hydrogen (secondary N) is 1. The minimum atomic E-state index is -0.290. The molecule has 0 bridgehead atoms. The van der Waals surface area contributed by atoms with Crippen LogP contribution < -0.4 is 5.32 Å². The van der Waals surface area contributed by atoms with Gasteiger partial charge in [-0.25, -0.2) is 0 Å². The molecule has 0 radical (unpaired) electrons. The van der Waals surface area contributed by atoms with E-state index in [1.807, 2.05) is 6.07 Å². The zero-order chi connectivity index (χ0) is 14.4. The highest BCUT2D eigenvalue weighted by Gasteiger charge is 2.19. The second kappa shape index (κ2) is 7.30. The molecule has 1 unspecified atom stereocenters. The average Bonchev–Trinajstić information content (AvgIpc) is 2.97. The van der Waals surface area contributed by atoms with E-state index in [4.69, 9.17) is 10.00 Å². The minimum Gasteiger partial charge on any atom is -0.376 e. The third-order valence-corrected chi connectivity index (χ3v) is 4.01. The molecule has 0 spiro atoms. The number of likely N-dealkylation sites (tertiary alicyclic amines) is 1. The molecule has 5 heteroatoms. The summed E-state index contributed by atoms with van der Waals surface area (Å²) < 4.78 is 5.45. The Balaban J connectivity index is 1.83. The Morgan fingerprint density at radius 1 is 1.45 bits per heavy atom. The standard InChI is InChI=1S/C15H23N3O2/c1-12-4-6-18(7-5-12)11-13(9-16)15(19)17-10-14-3-2-8-20-14/h11-12,14H,2-8,10H2,1H3,(H,17,19)/b13-11-. The highest BCUT2D eigenvalue weighted by molar-refractivity contribution is 5.97. The van der Waals surface area contributed by atoms with Gasteiger partial charge in [0.05, 0.1) is 6.10 Å². The quantitative estimate of drug-likeness (QED) is 0.623. The molecule has 2 aliphatic rings. The van der Waals surface area contributed by atoms with Gasteiger partial charge in [-0.05, 0) is 31.6 Å². The van der Waals surface area contributed by atoms with Gasteiger partial charge in [-0.15, -0.1) is 0 Å². The van der Waals surface area contributed by atoms with Crippen molar-refractivity contribution in [3.63, 3.8) is 0 Å². The van der Waals surface area contributed by atoms with Crippen molar-refractivity contribution in [3.05, 3.63) is 11.8 Å². The van der Waals surface area contributed by atoms with Gasteiger partial charge in [0.1, 0.15) is 11.6 Å². The van der Waals surface area contributed by atoms with Gasteiger partial charge in [0.2, 0.25) is 0 Å². The molecule has 1 amide bonds. The van der Waals surface area contributed by atoms with E-state index in [2.05, 4.69) is 17.1 Å². The number of nitrogens with zero attached hydrogens (tertiary/aromatic N) is 2. The van der Waals surface area contributed by atoms with Crippen LogP contribution in [-0.4, -0.2) is 43.2 Å². The third kappa shape index (κ3) is 4.24. The first-order valence-corrected chi connectivity index (χ1v) is 7.45. The SMILES string of the molecule is CC1CCN(/C=C(/C#N)C(=O)NCC2CCCO2)CC1. The van der Waals surface area contributed by atoms with E-state index >= 15 is 0 Å². The van der Waals surface area contributed by atoms with Crippen molar-refractivity contribution in [2.75, 3.05) is 26.2 Å². The maximum absolute atomic E-state index is 12.0. The Morgan fingerprint density at radius 3 is 2.80 bits per heavy atom. The minimum absolute atomic E-state index is 0.106. The number of ether oxygens (including phenoxy) is 1. The highest BCUT2D eigenvalue weighted by Crippen LogP contribution is 2.17. The van der Waals surface area contributed by atoms with Gasteiger partial charge in [-0.1, -0.05) is 6.92 Å². The van der Waals surface area contributed by atoms with Gasteiger partial charge in [-0.2, -0.15) is 5.26 Å². The summed E-state index contributed by atoms with van der Waals surface area (Å²) >= 11 is 0. The lowest BCUT2D eigenvalue weighted by molar-refractivity contribution is -0.117. The fourth-order valence-corrected chi connectivity index (χ4v) is 2.59. The molecule has 2 aliphatic heterocycles. The molecule has 0 aromatic rings. The van der Waals surface area contributed by atoms with Crippen LogP contribution in [0.25, 0.3) is 0 Å². The van der Waals surface area contributed by atoms with Crippen molar-refractivity contribution >= 4 is 5.91 Å². The number of rotatable bonds is 4. The van der Waals surface area contributed by atoms with Crippen LogP contribution in [0.1, 0.15) is 32.6 Å². The molecule has 0 saturated carbocycles. The van der Waals surface area contributed by atoms with Crippen molar-refractivity contribution in [2.45, 2.75) is 38.7 Å². The van der Waals surface area contributed by atoms with E-state index in [1.165, 1.54) is 0 Å². The first kappa shape index (κ1) is 14.9. The Morgan fingerprint density at radius 2 is 2.20 bits per heavy atom. The molecule has 1 N–H and O–H groups in total. The monoisotopic (exact) mass is 277 g/mol. The number of carbonyl (C=O) groups is 1. The number of carbonyl (C=O) groups excluding carboxylic acids is 1. The molecule has 20 heavy (non-hydrogen) atoms. The number of amides is 1. The molecule has 0 aromatic carbocycles. The van der Waals surface area contributed by atoms with Crippen LogP contribution in [-0.2, 0) is 9.53 Å². The van der Waals surface area contributed by atoms with E-state index in [-0.39, 0.29) is 17.6 Å². The van der Waals surface area contributed by atoms with Crippen molar-refractivity contribution in [1.29, 1.82) is 5.26 Å². The summed E-state index contributed by atoms with van der Waals surface area (Å²) in [7, 11) is 0. The first-order chi connectivity index (χ1) is 9.69. The smallest absolute Gasteiger partial charge is 0.263 e. The zero-order valence-corrected chi connectivity index (χ0v) is 12.1. The van der Waals surface area contributed by atoms with Crippen LogP contribution in [0, 0.1) is 17.2 Å². The molecule has 0 aromatic heterocycles. The Kier molecular flexibility index (Phi) is 5.42. The van der Waals surface area contributed by atoms with Crippen LogP contribution in [0.4, 0.5) is 0 Å². The van der Waals surface area contributed by atoms with Crippen molar-refractivity contribution < 1.29 is 9.53 Å². The van der Waals surface area contributed by atoms with Gasteiger partial charge < -0.3 is 15.0 Å². The molecule has 2 heterocycles. The fourth-order valence-electron chi connectivity index (χ4n) is 2.59. The lowest BCUT2D eigenvalue weighted by atomic mass is 9.99. The van der Waals surface area contributed by atoms with Crippen LogP contribution in [0.15, 0.2) is 11.8 Å². The fraction of sp³-hybridized carbons (Fsp3) is 0.733. The summed E-state index contributed by atoms with van der Waals surface area (Å²) in [6.45, 7) is 5.35. The van der Waals surface area contributed by atoms with Gasteiger partial charge in [-0.3, -0.25) is 4.79 Å². The number of hydrogen-bond donors (Lipinski definition) is 1. The van der Waals surface area contributed by atoms with Gasteiger partial charge in [0, 0.05) is 32.4 Å². The predicted molar refractivity (Wildman–Crippen MR) is 75.7 cm³/mol. The molecular weight excluding hydrogens is 254 g/mol. The summed E-state index contributed by atoms with van der Waals surface area (Å²) in [5.74, 6) is 0.445. The summed E-state index contributed by atoms with van der Waals surface area (Å²) in [6.07, 6.45) is 6.08. The molecule has 110 valence electrons. The molecule has 5 nitrogen and oxygen atoms in total. The van der Waals surface area contributed by atoms with E-state index in [1.54, 1.807) is 6.20 Å². The second-order valence-corrected chi connectivity index (χ2v) is 5.72. The number of hydrogen-bond acceptors (Lipinski definition) is 4. The van der Waals surface area contributed by atoms with Crippen molar-refractivity contribution in [3.8, 4) is 6.07 Å². The van der Waals surface area contributed by atoms with E-state index < -0.39 is 0 Å². The molecule has 1 atom stereocenters. The van der Waals surface area contributed by atoms with Gasteiger partial charge in [0.25, 0.3) is 5.91 Å². The molecular formula is C15H23N3O2. The largest absolute Gasteiger partial charge is 0.376 e. The van der Waals surface area contributed by atoms with E-state index in [0.717, 1.165) is 51.3 Å². The Bertz CT molecular complexity index is 400. The Hall–Kier alpha value is -1.54. The number of piperidine rings is 1. The predicted octanol–water partition coefficient (Wildman–Crippen LogP) is 1.42. The maximum atomic E-state index is 12.0. The average molecular weight is 277 g/mol. The summed E-state index contributed by atoms with van der Waals surface area (Å²) in [5, 5.41) is 11.9. The number of nitriles is 1. The topological polar surface area (TPSA) is 65.4 Å². The molecule has 0 aliphatic carbocycles. The lowest BCUT2D eigenvalue weighted by Crippen LogP contribution is -2.34.